The van der Waals surface area contributed by atoms with E-state index in [1.807, 2.05) is 0 Å². The van der Waals surface area contributed by atoms with Crippen LogP contribution in [0.5, 0.6) is 0 Å². The fourth-order valence-corrected chi connectivity index (χ4v) is 2.98. The first-order valence-corrected chi connectivity index (χ1v) is 7.48. The van der Waals surface area contributed by atoms with E-state index in [2.05, 4.69) is 9.71 Å². The van der Waals surface area contributed by atoms with Gasteiger partial charge in [0.25, 0.3) is 0 Å². The molecule has 7 heteroatoms. The molecule has 0 aliphatic carbocycles. The Hall–Kier alpha value is -1.70. The summed E-state index contributed by atoms with van der Waals surface area (Å²) in [6, 6.07) is 6.71. The largest absolute Gasteiger partial charge is 0.447 e. The van der Waals surface area contributed by atoms with E-state index in [-0.39, 0.29) is 18.0 Å². The second-order valence-corrected chi connectivity index (χ2v) is 5.96. The van der Waals surface area contributed by atoms with Crippen molar-refractivity contribution in [2.45, 2.75) is 25.0 Å². The zero-order valence-electron chi connectivity index (χ0n) is 11.3. The zero-order chi connectivity index (χ0) is 14.6. The Morgan fingerprint density at radius 1 is 1.35 bits per heavy atom. The molecule has 2 rings (SSSR count). The number of aromatic nitrogens is 1. The van der Waals surface area contributed by atoms with Crippen LogP contribution in [0.3, 0.4) is 0 Å². The first kappa shape index (κ1) is 14.7. The van der Waals surface area contributed by atoms with E-state index in [1.165, 1.54) is 13.5 Å². The number of methoxy groups -OCH3 is 1. The molecule has 1 N–H and O–H groups in total. The second-order valence-electron chi connectivity index (χ2n) is 4.23. The Bertz CT molecular complexity index is 679. The SMILES string of the molecule is COCc1ccccc1S(=O)(=O)NCc1ocnc1C. The van der Waals surface area contributed by atoms with E-state index in [4.69, 9.17) is 9.15 Å². The molecule has 0 bridgehead atoms. The maximum atomic E-state index is 12.3. The number of nitrogens with zero attached hydrogens (tertiary/aromatic N) is 1. The molecule has 0 spiro atoms. The lowest BCUT2D eigenvalue weighted by molar-refractivity contribution is 0.182. The maximum Gasteiger partial charge on any atom is 0.241 e. The fourth-order valence-electron chi connectivity index (χ4n) is 1.77. The van der Waals surface area contributed by atoms with Gasteiger partial charge in [-0.2, -0.15) is 0 Å². The lowest BCUT2D eigenvalue weighted by Gasteiger charge is -2.10. The first-order chi connectivity index (χ1) is 9.54. The van der Waals surface area contributed by atoms with Gasteiger partial charge in [0, 0.05) is 7.11 Å². The molecular weight excluding hydrogens is 280 g/mol. The summed E-state index contributed by atoms with van der Waals surface area (Å²) in [5, 5.41) is 0. The lowest BCUT2D eigenvalue weighted by Crippen LogP contribution is -2.24. The Labute approximate surface area is 117 Å². The molecule has 0 atom stereocenters. The van der Waals surface area contributed by atoms with Gasteiger partial charge in [0.15, 0.2) is 6.39 Å². The molecular formula is C13H16N2O4S. The van der Waals surface area contributed by atoms with E-state index >= 15 is 0 Å². The van der Waals surface area contributed by atoms with Gasteiger partial charge in [-0.05, 0) is 18.6 Å². The predicted molar refractivity (Wildman–Crippen MR) is 72.4 cm³/mol. The summed E-state index contributed by atoms with van der Waals surface area (Å²) in [5.41, 5.74) is 1.27. The number of sulfonamides is 1. The number of benzene rings is 1. The highest BCUT2D eigenvalue weighted by Gasteiger charge is 2.18. The Balaban J connectivity index is 2.20. The van der Waals surface area contributed by atoms with Gasteiger partial charge in [-0.15, -0.1) is 0 Å². The molecule has 1 aromatic heterocycles. The van der Waals surface area contributed by atoms with Crippen molar-refractivity contribution in [3.8, 4) is 0 Å². The average Bonchev–Trinajstić information content (AvgIpc) is 2.83. The lowest BCUT2D eigenvalue weighted by atomic mass is 10.2. The predicted octanol–water partition coefficient (Wildman–Crippen LogP) is 1.61. The average molecular weight is 296 g/mol. The van der Waals surface area contributed by atoms with Crippen LogP contribution in [-0.2, 0) is 27.9 Å². The van der Waals surface area contributed by atoms with Crippen molar-refractivity contribution >= 4 is 10.0 Å². The monoisotopic (exact) mass is 296 g/mol. The third-order valence-electron chi connectivity index (χ3n) is 2.83. The van der Waals surface area contributed by atoms with Crippen LogP contribution in [-0.4, -0.2) is 20.5 Å². The summed E-state index contributed by atoms with van der Waals surface area (Å²) in [7, 11) is -2.10. The number of nitrogens with one attached hydrogen (secondary N) is 1. The first-order valence-electron chi connectivity index (χ1n) is 6.00. The highest BCUT2D eigenvalue weighted by molar-refractivity contribution is 7.89. The normalized spacial score (nSPS) is 11.7. The van der Waals surface area contributed by atoms with Crippen molar-refractivity contribution in [1.82, 2.24) is 9.71 Å². The van der Waals surface area contributed by atoms with Crippen molar-refractivity contribution in [2.75, 3.05) is 7.11 Å². The van der Waals surface area contributed by atoms with Crippen molar-refractivity contribution in [2.24, 2.45) is 0 Å². The van der Waals surface area contributed by atoms with Crippen molar-refractivity contribution in [1.29, 1.82) is 0 Å². The van der Waals surface area contributed by atoms with Crippen LogP contribution in [0.2, 0.25) is 0 Å². The van der Waals surface area contributed by atoms with Crippen molar-refractivity contribution in [3.05, 3.63) is 47.7 Å². The molecule has 0 amide bonds. The highest BCUT2D eigenvalue weighted by atomic mass is 32.2. The topological polar surface area (TPSA) is 81.4 Å². The second kappa shape index (κ2) is 6.17. The minimum atomic E-state index is -3.62. The molecule has 108 valence electrons. The van der Waals surface area contributed by atoms with Gasteiger partial charge in [-0.3, -0.25) is 0 Å². The molecule has 1 heterocycles. The summed E-state index contributed by atoms with van der Waals surface area (Å²) in [4.78, 5) is 4.12. The van der Waals surface area contributed by atoms with Gasteiger partial charge in [0.2, 0.25) is 10.0 Å². The molecule has 0 unspecified atom stereocenters. The van der Waals surface area contributed by atoms with Gasteiger partial charge >= 0.3 is 0 Å². The molecule has 0 saturated carbocycles. The fraction of sp³-hybridized carbons (Fsp3) is 0.308. The van der Waals surface area contributed by atoms with E-state index in [1.54, 1.807) is 31.2 Å². The number of oxazole rings is 1. The van der Waals surface area contributed by atoms with Gasteiger partial charge in [0.1, 0.15) is 5.76 Å². The van der Waals surface area contributed by atoms with Gasteiger partial charge in [0.05, 0.1) is 23.7 Å². The molecule has 1 aromatic carbocycles. The van der Waals surface area contributed by atoms with E-state index < -0.39 is 10.0 Å². The highest BCUT2D eigenvalue weighted by Crippen LogP contribution is 2.17. The maximum absolute atomic E-state index is 12.3. The van der Waals surface area contributed by atoms with Gasteiger partial charge < -0.3 is 9.15 Å². The van der Waals surface area contributed by atoms with E-state index in [0.29, 0.717) is 17.0 Å². The van der Waals surface area contributed by atoms with Crippen LogP contribution >= 0.6 is 0 Å². The third-order valence-corrected chi connectivity index (χ3v) is 4.33. The minimum Gasteiger partial charge on any atom is -0.447 e. The molecule has 0 fully saturated rings. The number of aryl methyl sites for hydroxylation is 1. The quantitative estimate of drug-likeness (QED) is 0.875. The molecule has 0 aliphatic heterocycles. The molecule has 0 saturated heterocycles. The zero-order valence-corrected chi connectivity index (χ0v) is 12.1. The molecule has 20 heavy (non-hydrogen) atoms. The smallest absolute Gasteiger partial charge is 0.241 e. The van der Waals surface area contributed by atoms with Crippen LogP contribution in [0.4, 0.5) is 0 Å². The molecule has 2 aromatic rings. The summed E-state index contributed by atoms with van der Waals surface area (Å²) >= 11 is 0. The minimum absolute atomic E-state index is 0.0650. The molecule has 0 aliphatic rings. The summed E-state index contributed by atoms with van der Waals surface area (Å²) in [5.74, 6) is 0.498. The number of hydrogen-bond donors (Lipinski definition) is 1. The van der Waals surface area contributed by atoms with Gasteiger partial charge in [-0.25, -0.2) is 18.1 Å². The van der Waals surface area contributed by atoms with Crippen molar-refractivity contribution < 1.29 is 17.6 Å². The van der Waals surface area contributed by atoms with E-state index in [0.717, 1.165) is 0 Å². The molecule has 0 radical (unpaired) electrons. The Morgan fingerprint density at radius 3 is 2.75 bits per heavy atom. The van der Waals surface area contributed by atoms with Crippen LogP contribution in [0.1, 0.15) is 17.0 Å². The van der Waals surface area contributed by atoms with Crippen LogP contribution in [0.15, 0.2) is 40.0 Å². The van der Waals surface area contributed by atoms with E-state index in [9.17, 15) is 8.42 Å². The number of rotatable bonds is 6. The number of ether oxygens (including phenoxy) is 1. The van der Waals surface area contributed by atoms with Crippen LogP contribution in [0, 0.1) is 6.92 Å². The third kappa shape index (κ3) is 3.24. The number of hydrogen-bond acceptors (Lipinski definition) is 5. The standard InChI is InChI=1S/C13H16N2O4S/c1-10-12(19-9-14-10)7-15-20(16,17)13-6-4-3-5-11(13)8-18-2/h3-6,9,15H,7-8H2,1-2H3. The Morgan fingerprint density at radius 2 is 2.10 bits per heavy atom. The van der Waals surface area contributed by atoms with Gasteiger partial charge in [-0.1, -0.05) is 18.2 Å². The van der Waals surface area contributed by atoms with Crippen LogP contribution in [0.25, 0.3) is 0 Å². The summed E-state index contributed by atoms with van der Waals surface area (Å²) < 4.78 is 37.2. The summed E-state index contributed by atoms with van der Waals surface area (Å²) in [6.07, 6.45) is 1.29. The van der Waals surface area contributed by atoms with Crippen molar-refractivity contribution in [3.63, 3.8) is 0 Å². The van der Waals surface area contributed by atoms with Crippen LogP contribution < -0.4 is 4.72 Å². The molecule has 6 nitrogen and oxygen atoms in total. The Kier molecular flexibility index (Phi) is 4.53. The summed E-state index contributed by atoms with van der Waals surface area (Å²) in [6.45, 7) is 2.06.